The van der Waals surface area contributed by atoms with Crippen molar-refractivity contribution in [1.82, 2.24) is 5.32 Å². The molecule has 0 spiro atoms. The van der Waals surface area contributed by atoms with Gasteiger partial charge < -0.3 is 15.2 Å². The smallest absolute Gasteiger partial charge is 0.333 e. The van der Waals surface area contributed by atoms with E-state index in [4.69, 9.17) is 4.74 Å². The number of carboxylic acid groups (broad SMARTS) is 1. The molecular weight excluding hydrogens is 265 g/mol. The van der Waals surface area contributed by atoms with Crippen molar-refractivity contribution >= 4 is 11.9 Å². The number of halogens is 1. The molecule has 1 amide bonds. The molecule has 0 bridgehead atoms. The molecule has 5 nitrogen and oxygen atoms in total. The molecule has 0 aromatic heterocycles. The minimum Gasteiger partial charge on any atom is -0.479 e. The first-order valence-electron chi connectivity index (χ1n) is 6.19. The largest absolute Gasteiger partial charge is 0.479 e. The van der Waals surface area contributed by atoms with Gasteiger partial charge in [-0.3, -0.25) is 4.79 Å². The van der Waals surface area contributed by atoms with E-state index in [0.717, 1.165) is 12.1 Å². The summed E-state index contributed by atoms with van der Waals surface area (Å²) in [5.74, 6) is -2.06. The Labute approximate surface area is 116 Å². The summed E-state index contributed by atoms with van der Waals surface area (Å²) >= 11 is 0. The van der Waals surface area contributed by atoms with Crippen LogP contribution in [0.2, 0.25) is 0 Å². The van der Waals surface area contributed by atoms with Gasteiger partial charge in [0.25, 0.3) is 0 Å². The molecule has 1 atom stereocenters. The van der Waals surface area contributed by atoms with Gasteiger partial charge in [0.05, 0.1) is 0 Å². The lowest BCUT2D eigenvalue weighted by Gasteiger charge is -2.26. The van der Waals surface area contributed by atoms with Crippen molar-refractivity contribution in [3.63, 3.8) is 0 Å². The molecule has 0 aliphatic rings. The van der Waals surface area contributed by atoms with Crippen LogP contribution in [0, 0.1) is 5.82 Å². The average molecular weight is 283 g/mol. The summed E-state index contributed by atoms with van der Waals surface area (Å²) in [4.78, 5) is 23.2. The number of methoxy groups -OCH3 is 1. The number of carboxylic acids is 1. The second-order valence-corrected chi connectivity index (χ2v) is 4.58. The van der Waals surface area contributed by atoms with E-state index in [0.29, 0.717) is 18.6 Å². The fraction of sp³-hybridized carbons (Fsp3) is 0.429. The van der Waals surface area contributed by atoms with Gasteiger partial charge in [0, 0.05) is 20.1 Å². The maximum absolute atomic E-state index is 12.9. The van der Waals surface area contributed by atoms with E-state index in [9.17, 15) is 19.1 Å². The van der Waals surface area contributed by atoms with Gasteiger partial charge in [0.2, 0.25) is 5.91 Å². The zero-order valence-electron chi connectivity index (χ0n) is 11.5. The number of ether oxygens (including phenoxy) is 1. The van der Waals surface area contributed by atoms with Crippen LogP contribution < -0.4 is 5.32 Å². The fourth-order valence-corrected chi connectivity index (χ4v) is 1.75. The molecule has 0 saturated carbocycles. The van der Waals surface area contributed by atoms with Crippen molar-refractivity contribution in [2.45, 2.75) is 25.3 Å². The van der Waals surface area contributed by atoms with Crippen molar-refractivity contribution in [2.75, 3.05) is 13.7 Å². The highest BCUT2D eigenvalue weighted by Crippen LogP contribution is 2.21. The third-order valence-corrected chi connectivity index (χ3v) is 2.99. The van der Waals surface area contributed by atoms with Crippen molar-refractivity contribution < 1.29 is 23.8 Å². The van der Waals surface area contributed by atoms with Crippen LogP contribution in [0.15, 0.2) is 24.3 Å². The van der Waals surface area contributed by atoms with Gasteiger partial charge in [0.1, 0.15) is 5.82 Å². The Balaban J connectivity index is 2.84. The molecule has 1 aromatic carbocycles. The number of hydrogen-bond donors (Lipinski definition) is 2. The van der Waals surface area contributed by atoms with Gasteiger partial charge in [-0.25, -0.2) is 9.18 Å². The van der Waals surface area contributed by atoms with Gasteiger partial charge in [0.15, 0.2) is 5.54 Å². The van der Waals surface area contributed by atoms with E-state index in [1.165, 1.54) is 26.2 Å². The number of carbonyl (C=O) groups excluding carboxylic acids is 1. The van der Waals surface area contributed by atoms with E-state index in [2.05, 4.69) is 5.32 Å². The van der Waals surface area contributed by atoms with Gasteiger partial charge in [-0.05, 0) is 31.0 Å². The van der Waals surface area contributed by atoms with Gasteiger partial charge in [-0.15, -0.1) is 0 Å². The molecule has 110 valence electrons. The standard InChI is InChI=1S/C14H18FNO4/c1-14(13(18)19,10-5-7-11(15)8-6-10)16-12(17)4-3-9-20-2/h5-8H,3-4,9H2,1-2H3,(H,16,17)(H,18,19). The zero-order chi connectivity index (χ0) is 15.2. The number of rotatable bonds is 7. The first-order valence-corrected chi connectivity index (χ1v) is 6.19. The topological polar surface area (TPSA) is 75.6 Å². The van der Waals surface area contributed by atoms with E-state index in [1.54, 1.807) is 0 Å². The number of benzene rings is 1. The molecule has 1 unspecified atom stereocenters. The second kappa shape index (κ2) is 7.00. The van der Waals surface area contributed by atoms with E-state index in [-0.39, 0.29) is 6.42 Å². The van der Waals surface area contributed by atoms with E-state index in [1.807, 2.05) is 0 Å². The molecule has 0 aliphatic carbocycles. The quantitative estimate of drug-likeness (QED) is 0.746. The summed E-state index contributed by atoms with van der Waals surface area (Å²) in [5.41, 5.74) is -1.27. The number of nitrogens with one attached hydrogen (secondary N) is 1. The summed E-state index contributed by atoms with van der Waals surface area (Å²) in [5, 5.41) is 11.8. The Bertz CT molecular complexity index is 475. The molecule has 0 radical (unpaired) electrons. The maximum Gasteiger partial charge on any atom is 0.333 e. The molecular formula is C14H18FNO4. The highest BCUT2D eigenvalue weighted by atomic mass is 19.1. The van der Waals surface area contributed by atoms with Gasteiger partial charge in [-0.2, -0.15) is 0 Å². The molecule has 2 N–H and O–H groups in total. The molecule has 1 aromatic rings. The molecule has 1 rings (SSSR count). The number of hydrogen-bond acceptors (Lipinski definition) is 3. The monoisotopic (exact) mass is 283 g/mol. The minimum atomic E-state index is -1.59. The van der Waals surface area contributed by atoms with Crippen molar-refractivity contribution in [1.29, 1.82) is 0 Å². The third-order valence-electron chi connectivity index (χ3n) is 2.99. The summed E-state index contributed by atoms with van der Waals surface area (Å²) in [6, 6.07) is 5.01. The molecule has 0 aliphatic heterocycles. The third kappa shape index (κ3) is 4.03. The molecule has 0 saturated heterocycles. The average Bonchev–Trinajstić information content (AvgIpc) is 2.39. The summed E-state index contributed by atoms with van der Waals surface area (Å²) < 4.78 is 17.7. The van der Waals surface area contributed by atoms with E-state index < -0.39 is 23.2 Å². The van der Waals surface area contributed by atoms with Crippen LogP contribution >= 0.6 is 0 Å². The van der Waals surface area contributed by atoms with Crippen LogP contribution in [-0.4, -0.2) is 30.7 Å². The second-order valence-electron chi connectivity index (χ2n) is 4.58. The lowest BCUT2D eigenvalue weighted by atomic mass is 9.91. The highest BCUT2D eigenvalue weighted by molar-refractivity contribution is 5.87. The number of aliphatic carboxylic acids is 1. The van der Waals surface area contributed by atoms with Crippen molar-refractivity contribution in [3.8, 4) is 0 Å². The fourth-order valence-electron chi connectivity index (χ4n) is 1.75. The highest BCUT2D eigenvalue weighted by Gasteiger charge is 2.36. The van der Waals surface area contributed by atoms with Crippen LogP contribution in [0.3, 0.4) is 0 Å². The van der Waals surface area contributed by atoms with Crippen LogP contribution in [-0.2, 0) is 19.9 Å². The predicted molar refractivity (Wildman–Crippen MR) is 70.6 cm³/mol. The minimum absolute atomic E-state index is 0.165. The summed E-state index contributed by atoms with van der Waals surface area (Å²) in [6.45, 7) is 1.80. The van der Waals surface area contributed by atoms with Crippen LogP contribution in [0.5, 0.6) is 0 Å². The van der Waals surface area contributed by atoms with Crippen molar-refractivity contribution in [2.24, 2.45) is 0 Å². The molecule has 20 heavy (non-hydrogen) atoms. The Hall–Kier alpha value is -1.95. The van der Waals surface area contributed by atoms with E-state index >= 15 is 0 Å². The number of amides is 1. The van der Waals surface area contributed by atoms with Crippen molar-refractivity contribution in [3.05, 3.63) is 35.6 Å². The van der Waals surface area contributed by atoms with Crippen LogP contribution in [0.1, 0.15) is 25.3 Å². The Kier molecular flexibility index (Phi) is 5.64. The lowest BCUT2D eigenvalue weighted by Crippen LogP contribution is -2.49. The Morgan fingerprint density at radius 3 is 2.45 bits per heavy atom. The van der Waals surface area contributed by atoms with Gasteiger partial charge >= 0.3 is 5.97 Å². The lowest BCUT2D eigenvalue weighted by molar-refractivity contribution is -0.147. The number of carbonyl (C=O) groups is 2. The van der Waals surface area contributed by atoms with Gasteiger partial charge in [-0.1, -0.05) is 12.1 Å². The normalized spacial score (nSPS) is 13.6. The summed E-state index contributed by atoms with van der Waals surface area (Å²) in [6.07, 6.45) is 0.666. The van der Waals surface area contributed by atoms with Crippen LogP contribution in [0.4, 0.5) is 4.39 Å². The SMILES string of the molecule is COCCCC(=O)NC(C)(C(=O)O)c1ccc(F)cc1. The molecule has 6 heteroatoms. The molecule has 0 fully saturated rings. The van der Waals surface area contributed by atoms with Crippen LogP contribution in [0.25, 0.3) is 0 Å². The predicted octanol–water partition coefficient (Wildman–Crippen LogP) is 1.67. The first-order chi connectivity index (χ1) is 9.40. The Morgan fingerprint density at radius 2 is 1.95 bits per heavy atom. The first kappa shape index (κ1) is 16.1. The molecule has 0 heterocycles. The zero-order valence-corrected chi connectivity index (χ0v) is 11.5. The summed E-state index contributed by atoms with van der Waals surface area (Å²) in [7, 11) is 1.53. The Morgan fingerprint density at radius 1 is 1.35 bits per heavy atom. The maximum atomic E-state index is 12.9.